The highest BCUT2D eigenvalue weighted by molar-refractivity contribution is 7.18. The van der Waals surface area contributed by atoms with Crippen molar-refractivity contribution in [1.29, 1.82) is 0 Å². The maximum atomic E-state index is 12.1. The Hall–Kier alpha value is -1.73. The summed E-state index contributed by atoms with van der Waals surface area (Å²) in [5.74, 6) is 0.813. The van der Waals surface area contributed by atoms with Crippen molar-refractivity contribution >= 4 is 33.3 Å². The molecule has 0 saturated carbocycles. The number of carbonyl (C=O) groups excluding carboxylic acids is 1. The molecule has 0 atom stereocenters. The Bertz CT molecular complexity index is 637. The third-order valence-corrected chi connectivity index (χ3v) is 4.69. The summed E-state index contributed by atoms with van der Waals surface area (Å²) in [6, 6.07) is 2.10. The minimum absolute atomic E-state index is 0.0796. The monoisotopic (exact) mass is 306 g/mol. The van der Waals surface area contributed by atoms with Crippen LogP contribution in [0.15, 0.2) is 12.4 Å². The molecule has 0 radical (unpaired) electrons. The van der Waals surface area contributed by atoms with Crippen molar-refractivity contribution in [3.63, 3.8) is 0 Å². The van der Waals surface area contributed by atoms with Crippen molar-refractivity contribution in [2.24, 2.45) is 0 Å². The highest BCUT2D eigenvalue weighted by Gasteiger charge is 2.17. The van der Waals surface area contributed by atoms with E-state index in [9.17, 15) is 4.79 Å². The summed E-state index contributed by atoms with van der Waals surface area (Å²) in [6.45, 7) is 4.94. The van der Waals surface area contributed by atoms with Crippen LogP contribution >= 0.6 is 11.3 Å². The number of amides is 1. The number of rotatable bonds is 4. The molecule has 0 aromatic carbocycles. The van der Waals surface area contributed by atoms with E-state index < -0.39 is 0 Å². The number of aryl methyl sites for hydroxylation is 1. The molecule has 1 N–H and O–H groups in total. The zero-order chi connectivity index (χ0) is 14.7. The van der Waals surface area contributed by atoms with Crippen LogP contribution in [0.25, 0.3) is 10.2 Å². The van der Waals surface area contributed by atoms with E-state index in [2.05, 4.69) is 28.3 Å². The molecule has 1 aliphatic rings. The van der Waals surface area contributed by atoms with Crippen LogP contribution in [0.5, 0.6) is 0 Å². The van der Waals surface area contributed by atoms with Crippen molar-refractivity contribution in [2.75, 3.05) is 38.2 Å². The molecule has 0 bridgehead atoms. The lowest BCUT2D eigenvalue weighted by Gasteiger charge is -2.26. The molecule has 21 heavy (non-hydrogen) atoms. The standard InChI is InChI=1S/C14H18N4O2S/c1-2-10-7-11-13(16-9-17-14(11)21-10)15-8-12(19)18-3-5-20-6-4-18/h7,9H,2-6,8H2,1H3,(H,15,16,17). The molecule has 0 unspecified atom stereocenters. The molecule has 112 valence electrons. The lowest BCUT2D eigenvalue weighted by Crippen LogP contribution is -2.43. The van der Waals surface area contributed by atoms with Crippen LogP contribution in [-0.4, -0.2) is 53.6 Å². The van der Waals surface area contributed by atoms with Gasteiger partial charge in [-0.3, -0.25) is 4.79 Å². The lowest BCUT2D eigenvalue weighted by atomic mass is 10.3. The van der Waals surface area contributed by atoms with Crippen molar-refractivity contribution in [2.45, 2.75) is 13.3 Å². The van der Waals surface area contributed by atoms with Crippen molar-refractivity contribution in [1.82, 2.24) is 14.9 Å². The first kappa shape index (κ1) is 14.2. The summed E-state index contributed by atoms with van der Waals surface area (Å²) in [5.41, 5.74) is 0. The smallest absolute Gasteiger partial charge is 0.242 e. The van der Waals surface area contributed by atoms with Crippen molar-refractivity contribution in [3.8, 4) is 0 Å². The normalized spacial score (nSPS) is 15.4. The number of nitrogens with zero attached hydrogens (tertiary/aromatic N) is 3. The zero-order valence-electron chi connectivity index (χ0n) is 12.0. The van der Waals surface area contributed by atoms with E-state index in [4.69, 9.17) is 4.74 Å². The summed E-state index contributed by atoms with van der Waals surface area (Å²) in [5, 5.41) is 4.14. The Kier molecular flexibility index (Phi) is 4.31. The van der Waals surface area contributed by atoms with E-state index in [1.54, 1.807) is 17.7 Å². The predicted molar refractivity (Wildman–Crippen MR) is 82.7 cm³/mol. The van der Waals surface area contributed by atoms with Gasteiger partial charge in [0.25, 0.3) is 0 Å². The van der Waals surface area contributed by atoms with Gasteiger partial charge in [-0.25, -0.2) is 9.97 Å². The van der Waals surface area contributed by atoms with Crippen LogP contribution in [-0.2, 0) is 16.0 Å². The van der Waals surface area contributed by atoms with Gasteiger partial charge in [0.1, 0.15) is 17.0 Å². The highest BCUT2D eigenvalue weighted by Crippen LogP contribution is 2.28. The Labute approximate surface area is 127 Å². The molecule has 1 fully saturated rings. The van der Waals surface area contributed by atoms with E-state index in [1.807, 2.05) is 4.90 Å². The Morgan fingerprint density at radius 1 is 1.43 bits per heavy atom. The Balaban J connectivity index is 1.69. The first-order chi connectivity index (χ1) is 10.3. The first-order valence-corrected chi connectivity index (χ1v) is 7.92. The second-order valence-corrected chi connectivity index (χ2v) is 5.97. The maximum absolute atomic E-state index is 12.1. The summed E-state index contributed by atoms with van der Waals surface area (Å²) >= 11 is 1.67. The molecular weight excluding hydrogens is 288 g/mol. The minimum Gasteiger partial charge on any atom is -0.378 e. The molecule has 1 amide bonds. The molecule has 1 aliphatic heterocycles. The number of ether oxygens (including phenoxy) is 1. The average molecular weight is 306 g/mol. The number of hydrogen-bond donors (Lipinski definition) is 1. The van der Waals surface area contributed by atoms with Crippen LogP contribution in [0.3, 0.4) is 0 Å². The second-order valence-electron chi connectivity index (χ2n) is 4.85. The number of hydrogen-bond acceptors (Lipinski definition) is 6. The molecule has 2 aromatic heterocycles. The van der Waals surface area contributed by atoms with Crippen molar-refractivity contribution < 1.29 is 9.53 Å². The number of carbonyl (C=O) groups is 1. The Morgan fingerprint density at radius 2 is 2.24 bits per heavy atom. The molecule has 7 heteroatoms. The van der Waals surface area contributed by atoms with E-state index in [-0.39, 0.29) is 12.5 Å². The molecule has 6 nitrogen and oxygen atoms in total. The summed E-state index contributed by atoms with van der Waals surface area (Å²) in [7, 11) is 0. The van der Waals surface area contributed by atoms with E-state index in [0.29, 0.717) is 26.3 Å². The van der Waals surface area contributed by atoms with Crippen LogP contribution in [0.4, 0.5) is 5.82 Å². The minimum atomic E-state index is 0.0796. The predicted octanol–water partition coefficient (Wildman–Crippen LogP) is 1.52. The number of aromatic nitrogens is 2. The summed E-state index contributed by atoms with van der Waals surface area (Å²) in [4.78, 5) is 24.7. The molecule has 1 saturated heterocycles. The topological polar surface area (TPSA) is 67.4 Å². The number of fused-ring (bicyclic) bond motifs is 1. The van der Waals surface area contributed by atoms with Gasteiger partial charge in [0.05, 0.1) is 25.1 Å². The zero-order valence-corrected chi connectivity index (χ0v) is 12.8. The van der Waals surface area contributed by atoms with Crippen LogP contribution < -0.4 is 5.32 Å². The van der Waals surface area contributed by atoms with Gasteiger partial charge in [0, 0.05) is 18.0 Å². The van der Waals surface area contributed by atoms with Gasteiger partial charge in [-0.2, -0.15) is 0 Å². The van der Waals surface area contributed by atoms with Gasteiger partial charge in [0.2, 0.25) is 5.91 Å². The molecule has 2 aromatic rings. The lowest BCUT2D eigenvalue weighted by molar-refractivity contribution is -0.133. The molecule has 0 spiro atoms. The molecule has 3 heterocycles. The third kappa shape index (κ3) is 3.14. The maximum Gasteiger partial charge on any atom is 0.242 e. The Morgan fingerprint density at radius 3 is 3.00 bits per heavy atom. The number of nitrogens with one attached hydrogen (secondary N) is 1. The second kappa shape index (κ2) is 6.36. The quantitative estimate of drug-likeness (QED) is 0.928. The van der Waals surface area contributed by atoms with E-state index in [0.717, 1.165) is 22.5 Å². The van der Waals surface area contributed by atoms with Gasteiger partial charge in [0.15, 0.2) is 0 Å². The van der Waals surface area contributed by atoms with Crippen LogP contribution in [0.1, 0.15) is 11.8 Å². The van der Waals surface area contributed by atoms with Gasteiger partial charge in [-0.15, -0.1) is 11.3 Å². The van der Waals surface area contributed by atoms with Crippen LogP contribution in [0, 0.1) is 0 Å². The third-order valence-electron chi connectivity index (χ3n) is 3.50. The molecule has 0 aliphatic carbocycles. The van der Waals surface area contributed by atoms with E-state index in [1.165, 1.54) is 4.88 Å². The van der Waals surface area contributed by atoms with Gasteiger partial charge < -0.3 is 15.0 Å². The highest BCUT2D eigenvalue weighted by atomic mass is 32.1. The number of morpholine rings is 1. The average Bonchev–Trinajstić information content (AvgIpc) is 2.97. The van der Waals surface area contributed by atoms with Crippen LogP contribution in [0.2, 0.25) is 0 Å². The fourth-order valence-electron chi connectivity index (χ4n) is 2.30. The fourth-order valence-corrected chi connectivity index (χ4v) is 3.24. The first-order valence-electron chi connectivity index (χ1n) is 7.10. The summed E-state index contributed by atoms with van der Waals surface area (Å²) < 4.78 is 5.25. The number of anilines is 1. The fraction of sp³-hybridized carbons (Fsp3) is 0.500. The number of thiophene rings is 1. The molecule has 3 rings (SSSR count). The SMILES string of the molecule is CCc1cc2c(NCC(=O)N3CCOCC3)ncnc2s1. The van der Waals surface area contributed by atoms with E-state index >= 15 is 0 Å². The largest absolute Gasteiger partial charge is 0.378 e. The van der Waals surface area contributed by atoms with Gasteiger partial charge >= 0.3 is 0 Å². The molecular formula is C14H18N4O2S. The van der Waals surface area contributed by atoms with Crippen molar-refractivity contribution in [3.05, 3.63) is 17.3 Å². The van der Waals surface area contributed by atoms with Gasteiger partial charge in [-0.1, -0.05) is 6.92 Å². The van der Waals surface area contributed by atoms with Gasteiger partial charge in [-0.05, 0) is 12.5 Å². The summed E-state index contributed by atoms with van der Waals surface area (Å²) in [6.07, 6.45) is 2.52.